The van der Waals surface area contributed by atoms with Gasteiger partial charge in [0.1, 0.15) is 0 Å². The molecule has 1 aromatic rings. The van der Waals surface area contributed by atoms with Crippen molar-refractivity contribution in [3.8, 4) is 0 Å². The van der Waals surface area contributed by atoms with Gasteiger partial charge in [-0.25, -0.2) is 0 Å². The third-order valence-corrected chi connectivity index (χ3v) is 5.24. The average molecular weight is 427 g/mol. The van der Waals surface area contributed by atoms with Gasteiger partial charge in [0.05, 0.1) is 24.8 Å². The van der Waals surface area contributed by atoms with Gasteiger partial charge in [-0.3, -0.25) is 4.99 Å². The first-order valence-electron chi connectivity index (χ1n) is 8.30. The number of hydrogen-bond acceptors (Lipinski definition) is 4. The second kappa shape index (κ2) is 6.24. The fraction of sp³-hybridized carbons (Fsp3) is 0.611. The van der Waals surface area contributed by atoms with Crippen LogP contribution in [0.25, 0.3) is 0 Å². The number of benzene rings is 1. The van der Waals surface area contributed by atoms with Crippen LogP contribution in [-0.2, 0) is 4.74 Å². The summed E-state index contributed by atoms with van der Waals surface area (Å²) in [5.41, 5.74) is 1.69. The maximum Gasteiger partial charge on any atom is 0.194 e. The minimum atomic E-state index is 0. The van der Waals surface area contributed by atoms with E-state index < -0.39 is 0 Å². The first kappa shape index (κ1) is 17.0. The summed E-state index contributed by atoms with van der Waals surface area (Å²) in [6.07, 6.45) is 2.37. The number of guanidine groups is 1. The van der Waals surface area contributed by atoms with Crippen molar-refractivity contribution in [3.05, 3.63) is 35.9 Å². The Balaban J connectivity index is 0.00000156. The smallest absolute Gasteiger partial charge is 0.194 e. The molecule has 126 valence electrons. The standard InChI is InChI=1S/C18H25N3O.HI/c1-17(2)11-18(13-22-17)8-9-21(12-18)16-19-10-15(20-16)14-6-4-3-5-7-14;/h3-7,15H,8-13H2,1-2H3,(H,19,20);1H. The number of aliphatic imine (C=N–C) groups is 1. The summed E-state index contributed by atoms with van der Waals surface area (Å²) in [4.78, 5) is 7.18. The molecular formula is C18H26IN3O. The average Bonchev–Trinajstić information content (AvgIpc) is 3.19. The molecule has 2 fully saturated rings. The highest BCUT2D eigenvalue weighted by Crippen LogP contribution is 2.45. The van der Waals surface area contributed by atoms with Crippen LogP contribution in [0.15, 0.2) is 35.3 Å². The quantitative estimate of drug-likeness (QED) is 0.700. The molecule has 0 aromatic heterocycles. The van der Waals surface area contributed by atoms with Crippen LogP contribution in [0.5, 0.6) is 0 Å². The van der Waals surface area contributed by atoms with Gasteiger partial charge >= 0.3 is 0 Å². The molecule has 3 aliphatic heterocycles. The lowest BCUT2D eigenvalue weighted by Crippen LogP contribution is -2.40. The Kier molecular flexibility index (Phi) is 4.62. The zero-order valence-corrected chi connectivity index (χ0v) is 16.2. The van der Waals surface area contributed by atoms with Crippen molar-refractivity contribution >= 4 is 29.9 Å². The van der Waals surface area contributed by atoms with Crippen molar-refractivity contribution in [2.45, 2.75) is 38.3 Å². The van der Waals surface area contributed by atoms with Crippen molar-refractivity contribution in [2.75, 3.05) is 26.2 Å². The third-order valence-electron chi connectivity index (χ3n) is 5.24. The van der Waals surface area contributed by atoms with Crippen LogP contribution in [0, 0.1) is 5.41 Å². The molecule has 1 spiro atoms. The maximum absolute atomic E-state index is 5.99. The number of nitrogens with one attached hydrogen (secondary N) is 1. The predicted octanol–water partition coefficient (Wildman–Crippen LogP) is 3.20. The van der Waals surface area contributed by atoms with Gasteiger partial charge in [-0.15, -0.1) is 24.0 Å². The summed E-state index contributed by atoms with van der Waals surface area (Å²) in [6, 6.07) is 10.9. The molecule has 2 saturated heterocycles. The summed E-state index contributed by atoms with van der Waals surface area (Å²) in [6.45, 7) is 8.32. The van der Waals surface area contributed by atoms with Gasteiger partial charge in [-0.1, -0.05) is 30.3 Å². The molecule has 2 unspecified atom stereocenters. The van der Waals surface area contributed by atoms with E-state index in [0.29, 0.717) is 11.5 Å². The highest BCUT2D eigenvalue weighted by atomic mass is 127. The Morgan fingerprint density at radius 2 is 2.04 bits per heavy atom. The zero-order chi connectivity index (χ0) is 15.2. The van der Waals surface area contributed by atoms with Crippen molar-refractivity contribution in [1.82, 2.24) is 10.2 Å². The molecule has 23 heavy (non-hydrogen) atoms. The van der Waals surface area contributed by atoms with E-state index >= 15 is 0 Å². The number of hydrogen-bond donors (Lipinski definition) is 1. The number of halogens is 1. The van der Waals surface area contributed by atoms with Gasteiger partial charge in [0, 0.05) is 18.5 Å². The molecule has 5 heteroatoms. The van der Waals surface area contributed by atoms with Crippen LogP contribution in [0.3, 0.4) is 0 Å². The van der Waals surface area contributed by atoms with Gasteiger partial charge in [0.2, 0.25) is 0 Å². The van der Waals surface area contributed by atoms with Gasteiger partial charge in [-0.2, -0.15) is 0 Å². The largest absolute Gasteiger partial charge is 0.375 e. The topological polar surface area (TPSA) is 36.9 Å². The Labute approximate surface area is 155 Å². The Morgan fingerprint density at radius 1 is 1.26 bits per heavy atom. The molecule has 3 aliphatic rings. The van der Waals surface area contributed by atoms with E-state index in [-0.39, 0.29) is 29.6 Å². The molecule has 0 amide bonds. The highest BCUT2D eigenvalue weighted by Gasteiger charge is 2.49. The Morgan fingerprint density at radius 3 is 2.74 bits per heavy atom. The van der Waals surface area contributed by atoms with Crippen molar-refractivity contribution in [1.29, 1.82) is 0 Å². The number of ether oxygens (including phenoxy) is 1. The van der Waals surface area contributed by atoms with E-state index in [1.165, 1.54) is 12.0 Å². The van der Waals surface area contributed by atoms with Crippen molar-refractivity contribution in [3.63, 3.8) is 0 Å². The molecule has 0 bridgehead atoms. The van der Waals surface area contributed by atoms with Crippen LogP contribution in [0.2, 0.25) is 0 Å². The van der Waals surface area contributed by atoms with Gasteiger partial charge in [-0.05, 0) is 32.3 Å². The lowest BCUT2D eigenvalue weighted by Gasteiger charge is -2.25. The SMILES string of the molecule is CC1(C)CC2(CCN(C3=NCC(c4ccccc4)N3)C2)CO1.I. The fourth-order valence-electron chi connectivity index (χ4n) is 4.22. The van der Waals surface area contributed by atoms with E-state index in [2.05, 4.69) is 54.4 Å². The molecule has 1 aromatic carbocycles. The molecular weight excluding hydrogens is 401 g/mol. The van der Waals surface area contributed by atoms with E-state index in [4.69, 9.17) is 9.73 Å². The fourth-order valence-corrected chi connectivity index (χ4v) is 4.22. The summed E-state index contributed by atoms with van der Waals surface area (Å²) in [5.74, 6) is 1.08. The molecule has 0 aliphatic carbocycles. The molecule has 1 N–H and O–H groups in total. The Bertz CT molecular complexity index is 589. The molecule has 2 atom stereocenters. The minimum Gasteiger partial charge on any atom is -0.375 e. The normalized spacial score (nSPS) is 31.8. The minimum absolute atomic E-state index is 0. The van der Waals surface area contributed by atoms with Crippen LogP contribution >= 0.6 is 24.0 Å². The van der Waals surface area contributed by atoms with Crippen molar-refractivity contribution < 1.29 is 4.74 Å². The first-order valence-corrected chi connectivity index (χ1v) is 8.30. The van der Waals surface area contributed by atoms with Gasteiger partial charge in [0.15, 0.2) is 5.96 Å². The number of likely N-dealkylation sites (tertiary alicyclic amines) is 1. The highest BCUT2D eigenvalue weighted by molar-refractivity contribution is 14.0. The second-order valence-corrected chi connectivity index (χ2v) is 7.67. The molecule has 3 heterocycles. The summed E-state index contributed by atoms with van der Waals surface area (Å²) >= 11 is 0. The van der Waals surface area contributed by atoms with E-state index in [1.807, 2.05) is 0 Å². The van der Waals surface area contributed by atoms with E-state index in [9.17, 15) is 0 Å². The molecule has 0 saturated carbocycles. The lowest BCUT2D eigenvalue weighted by atomic mass is 9.81. The van der Waals surface area contributed by atoms with E-state index in [1.54, 1.807) is 0 Å². The Hall–Kier alpha value is -0.820. The van der Waals surface area contributed by atoms with Gasteiger partial charge < -0.3 is 15.0 Å². The second-order valence-electron chi connectivity index (χ2n) is 7.67. The summed E-state index contributed by atoms with van der Waals surface area (Å²) in [7, 11) is 0. The monoisotopic (exact) mass is 427 g/mol. The summed E-state index contributed by atoms with van der Waals surface area (Å²) in [5, 5.41) is 3.61. The molecule has 4 nitrogen and oxygen atoms in total. The number of nitrogens with zero attached hydrogens (tertiary/aromatic N) is 2. The van der Waals surface area contributed by atoms with Crippen molar-refractivity contribution in [2.24, 2.45) is 10.4 Å². The first-order chi connectivity index (χ1) is 10.6. The zero-order valence-electron chi connectivity index (χ0n) is 13.9. The van der Waals surface area contributed by atoms with E-state index in [0.717, 1.165) is 38.6 Å². The van der Waals surface area contributed by atoms with Gasteiger partial charge in [0.25, 0.3) is 0 Å². The van der Waals surface area contributed by atoms with Crippen LogP contribution in [0.1, 0.15) is 38.3 Å². The predicted molar refractivity (Wildman–Crippen MR) is 103 cm³/mol. The number of rotatable bonds is 1. The molecule has 0 radical (unpaired) electrons. The summed E-state index contributed by atoms with van der Waals surface area (Å²) < 4.78 is 5.99. The van der Waals surface area contributed by atoms with Crippen LogP contribution in [-0.4, -0.2) is 42.7 Å². The third kappa shape index (κ3) is 3.36. The van der Waals surface area contributed by atoms with Crippen LogP contribution in [0.4, 0.5) is 0 Å². The molecule has 4 rings (SSSR count). The lowest BCUT2D eigenvalue weighted by molar-refractivity contribution is 0.0317. The van der Waals surface area contributed by atoms with Crippen LogP contribution < -0.4 is 5.32 Å². The maximum atomic E-state index is 5.99.